The van der Waals surface area contributed by atoms with E-state index in [-0.39, 0.29) is 25.6 Å². The number of carbonyl (C=O) groups excluding carboxylic acids is 1. The van der Waals surface area contributed by atoms with Crippen LogP contribution in [-0.4, -0.2) is 38.1 Å². The van der Waals surface area contributed by atoms with Gasteiger partial charge >= 0.3 is 13.6 Å². The summed E-state index contributed by atoms with van der Waals surface area (Å²) >= 11 is 0. The van der Waals surface area contributed by atoms with Crippen LogP contribution in [0.3, 0.4) is 0 Å². The van der Waals surface area contributed by atoms with Gasteiger partial charge in [0.1, 0.15) is 6.61 Å². The van der Waals surface area contributed by atoms with E-state index in [1.54, 1.807) is 6.26 Å². The first-order valence-electron chi connectivity index (χ1n) is 21.3. The Kier molecular flexibility index (Phi) is 34.8. The third kappa shape index (κ3) is 33.9. The third-order valence-corrected chi connectivity index (χ3v) is 10.9. The molecule has 1 rings (SSSR count). The van der Waals surface area contributed by atoms with Crippen molar-refractivity contribution >= 4 is 13.6 Å². The molecule has 0 aliphatic carbocycles. The van der Waals surface area contributed by atoms with Gasteiger partial charge in [0.2, 0.25) is 0 Å². The van der Waals surface area contributed by atoms with E-state index >= 15 is 0 Å². The number of hydrogen-bond acceptors (Lipinski definition) is 6. The van der Waals surface area contributed by atoms with Crippen molar-refractivity contribution in [3.05, 3.63) is 85.3 Å². The Morgan fingerprint density at radius 1 is 0.604 bits per heavy atom. The predicted molar refractivity (Wildman–Crippen MR) is 226 cm³/mol. The van der Waals surface area contributed by atoms with Crippen molar-refractivity contribution in [2.75, 3.05) is 26.0 Å². The summed E-state index contributed by atoms with van der Waals surface area (Å²) in [6.07, 6.45) is 56.7. The Balaban J connectivity index is 2.18. The lowest BCUT2D eigenvalue weighted by Crippen LogP contribution is -2.27. The minimum absolute atomic E-state index is 0.00424. The lowest BCUT2D eigenvalue weighted by atomic mass is 10.0. The summed E-state index contributed by atoms with van der Waals surface area (Å²) < 4.78 is 34.9. The molecule has 0 bridgehead atoms. The predicted octanol–water partition coefficient (Wildman–Crippen LogP) is 14.4. The minimum Gasteiger partial charge on any atom is -0.498 e. The summed E-state index contributed by atoms with van der Waals surface area (Å²) in [7, 11) is -3.10. The molecule has 6 nitrogen and oxygen atoms in total. The van der Waals surface area contributed by atoms with E-state index < -0.39 is 13.7 Å². The summed E-state index contributed by atoms with van der Waals surface area (Å²) in [5, 5.41) is 0. The first kappa shape index (κ1) is 48.6. The van der Waals surface area contributed by atoms with Crippen LogP contribution in [0.5, 0.6) is 0 Å². The molecule has 0 radical (unpaired) electrons. The van der Waals surface area contributed by atoms with Crippen molar-refractivity contribution in [3.63, 3.8) is 0 Å². The minimum atomic E-state index is -3.10. The standard InChI is InChI=1S/C46H77O6P/c1-3-5-7-9-11-13-15-17-19-21-22-23-24-26-28-30-32-34-36-39-46(47)52-45(44-51-53(48)42-38-41-50-53)43-49-40-37-35-33-31-29-27-25-20-18-16-14-12-10-8-6-4-2/h5,7,11,13,17,19,22-23,26,28,32,34,37,40,45H,3-4,6,8-10,12,14-16,18,20-21,24-25,27,29-31,33,35-36,38-39,41-44H2,1-2H3/b7-5-,13-11-,19-17-,23-22-,28-26-,34-32-,40-37-. The fraction of sp³-hybridized carbons (Fsp3) is 0.674. The lowest BCUT2D eigenvalue weighted by Gasteiger charge is -2.19. The van der Waals surface area contributed by atoms with Crippen LogP contribution in [0.25, 0.3) is 0 Å². The molecule has 1 aliphatic rings. The van der Waals surface area contributed by atoms with E-state index in [9.17, 15) is 9.36 Å². The van der Waals surface area contributed by atoms with Gasteiger partial charge in [0.05, 0.1) is 25.6 Å². The summed E-state index contributed by atoms with van der Waals surface area (Å²) in [5.41, 5.74) is 0. The number of esters is 1. The van der Waals surface area contributed by atoms with Crippen LogP contribution in [0.1, 0.15) is 168 Å². The maximum atomic E-state index is 12.6. The molecule has 1 aliphatic heterocycles. The zero-order valence-electron chi connectivity index (χ0n) is 33.9. The van der Waals surface area contributed by atoms with Gasteiger partial charge < -0.3 is 18.5 Å². The molecule has 0 N–H and O–H groups in total. The van der Waals surface area contributed by atoms with Crippen LogP contribution >= 0.6 is 7.60 Å². The summed E-state index contributed by atoms with van der Waals surface area (Å²) in [6, 6.07) is 0. The molecular weight excluding hydrogens is 679 g/mol. The second kappa shape index (κ2) is 37.9. The van der Waals surface area contributed by atoms with Gasteiger partial charge in [-0.3, -0.25) is 9.36 Å². The summed E-state index contributed by atoms with van der Waals surface area (Å²) in [5.74, 6) is -0.321. The van der Waals surface area contributed by atoms with Crippen molar-refractivity contribution in [1.29, 1.82) is 0 Å². The van der Waals surface area contributed by atoms with Crippen molar-refractivity contribution < 1.29 is 27.9 Å². The van der Waals surface area contributed by atoms with Crippen molar-refractivity contribution in [1.82, 2.24) is 0 Å². The highest BCUT2D eigenvalue weighted by Crippen LogP contribution is 2.52. The highest BCUT2D eigenvalue weighted by molar-refractivity contribution is 7.54. The number of rotatable bonds is 36. The molecule has 2 atom stereocenters. The molecule has 7 heteroatoms. The Morgan fingerprint density at radius 3 is 1.58 bits per heavy atom. The number of carbonyl (C=O) groups is 1. The van der Waals surface area contributed by atoms with Gasteiger partial charge in [-0.1, -0.05) is 170 Å². The molecule has 0 spiro atoms. The van der Waals surface area contributed by atoms with Crippen LogP contribution in [0.2, 0.25) is 0 Å². The van der Waals surface area contributed by atoms with Gasteiger partial charge in [-0.2, -0.15) is 0 Å². The topological polar surface area (TPSA) is 71.1 Å². The fourth-order valence-electron chi connectivity index (χ4n) is 5.78. The highest BCUT2D eigenvalue weighted by atomic mass is 31.2. The average Bonchev–Trinajstić information content (AvgIpc) is 3.60. The fourth-order valence-corrected chi connectivity index (χ4v) is 7.43. The van der Waals surface area contributed by atoms with E-state index in [2.05, 4.69) is 80.7 Å². The molecule has 0 saturated carbocycles. The van der Waals surface area contributed by atoms with E-state index in [1.807, 2.05) is 12.2 Å². The zero-order valence-corrected chi connectivity index (χ0v) is 34.8. The van der Waals surface area contributed by atoms with Gasteiger partial charge in [0.25, 0.3) is 0 Å². The maximum absolute atomic E-state index is 12.6. The Bertz CT molecular complexity index is 1090. The quantitative estimate of drug-likeness (QED) is 0.0208. The number of ether oxygens (including phenoxy) is 2. The molecule has 0 amide bonds. The van der Waals surface area contributed by atoms with Crippen LogP contribution in [0, 0.1) is 0 Å². The van der Waals surface area contributed by atoms with Gasteiger partial charge in [-0.15, -0.1) is 0 Å². The number of hydrogen-bond donors (Lipinski definition) is 0. The largest absolute Gasteiger partial charge is 0.498 e. The first-order chi connectivity index (χ1) is 26.1. The molecule has 0 aromatic rings. The van der Waals surface area contributed by atoms with Gasteiger partial charge in [0, 0.05) is 6.42 Å². The van der Waals surface area contributed by atoms with Crippen LogP contribution in [-0.2, 0) is 27.9 Å². The molecule has 302 valence electrons. The highest BCUT2D eigenvalue weighted by Gasteiger charge is 2.31. The monoisotopic (exact) mass is 757 g/mol. The number of unbranched alkanes of at least 4 members (excludes halogenated alkanes) is 14. The van der Waals surface area contributed by atoms with E-state index in [0.717, 1.165) is 51.4 Å². The second-order valence-corrected chi connectivity index (χ2v) is 16.2. The Hall–Kier alpha value is -2.40. The molecule has 2 unspecified atom stereocenters. The van der Waals surface area contributed by atoms with Gasteiger partial charge in [-0.25, -0.2) is 0 Å². The summed E-state index contributed by atoms with van der Waals surface area (Å²) in [6.45, 7) is 5.01. The van der Waals surface area contributed by atoms with E-state index in [4.69, 9.17) is 18.5 Å². The lowest BCUT2D eigenvalue weighted by molar-refractivity contribution is -0.153. The molecule has 0 aromatic heterocycles. The van der Waals surface area contributed by atoms with Crippen molar-refractivity contribution in [2.24, 2.45) is 0 Å². The SMILES string of the molecule is CC/C=C\C/C=C\C/C=C\C/C=C\C/C=C\C/C=C\CCC(=O)OC(CO/C=C\CCCCCCCCCCCCCCCC)COP1(=O)CCCO1. The van der Waals surface area contributed by atoms with E-state index in [0.29, 0.717) is 25.6 Å². The van der Waals surface area contributed by atoms with Crippen molar-refractivity contribution in [2.45, 2.75) is 174 Å². The molecule has 0 aromatic carbocycles. The molecular formula is C46H77O6P. The van der Waals surface area contributed by atoms with Gasteiger partial charge in [0.15, 0.2) is 6.10 Å². The molecule has 1 saturated heterocycles. The zero-order chi connectivity index (χ0) is 38.2. The maximum Gasteiger partial charge on any atom is 0.330 e. The molecule has 1 fully saturated rings. The second-order valence-electron chi connectivity index (χ2n) is 14.0. The number of allylic oxidation sites excluding steroid dienone is 13. The molecule has 1 heterocycles. The molecule has 53 heavy (non-hydrogen) atoms. The van der Waals surface area contributed by atoms with Crippen LogP contribution in [0.4, 0.5) is 0 Å². The van der Waals surface area contributed by atoms with Gasteiger partial charge in [-0.05, 0) is 70.3 Å². The van der Waals surface area contributed by atoms with Crippen molar-refractivity contribution in [3.8, 4) is 0 Å². The Labute approximate surface area is 325 Å². The summed E-state index contributed by atoms with van der Waals surface area (Å²) in [4.78, 5) is 12.6. The average molecular weight is 757 g/mol. The third-order valence-electron chi connectivity index (χ3n) is 8.93. The normalized spacial score (nSPS) is 17.4. The van der Waals surface area contributed by atoms with Crippen LogP contribution < -0.4 is 0 Å². The van der Waals surface area contributed by atoms with Crippen LogP contribution in [0.15, 0.2) is 85.3 Å². The first-order valence-corrected chi connectivity index (χ1v) is 23.1. The Morgan fingerprint density at radius 2 is 1.09 bits per heavy atom. The van der Waals surface area contributed by atoms with E-state index in [1.165, 1.54) is 83.5 Å². The smallest absolute Gasteiger partial charge is 0.330 e.